The topological polar surface area (TPSA) is 49.3 Å². The van der Waals surface area contributed by atoms with E-state index in [1.807, 2.05) is 13.8 Å². The Bertz CT molecular complexity index is 178. The van der Waals surface area contributed by atoms with E-state index in [1.54, 1.807) is 0 Å². The van der Waals surface area contributed by atoms with Gasteiger partial charge in [-0.05, 0) is 12.3 Å². The van der Waals surface area contributed by atoms with Crippen LogP contribution in [0.1, 0.15) is 53.4 Å². The molecule has 0 unspecified atom stereocenters. The zero-order valence-electron chi connectivity index (χ0n) is 10.4. The molecule has 3 heteroatoms. The minimum atomic E-state index is -0.728. The van der Waals surface area contributed by atoms with Crippen LogP contribution in [0.4, 0.5) is 0 Å². The van der Waals surface area contributed by atoms with Crippen LogP contribution >= 0.6 is 0 Å². The molecule has 0 radical (unpaired) electrons. The minimum Gasteiger partial charge on any atom is -0.480 e. The van der Waals surface area contributed by atoms with E-state index in [9.17, 15) is 4.79 Å². The van der Waals surface area contributed by atoms with E-state index in [0.717, 1.165) is 19.3 Å². The third-order valence-corrected chi connectivity index (χ3v) is 2.36. The first-order valence-electron chi connectivity index (χ1n) is 5.92. The first-order chi connectivity index (χ1) is 6.93. The maximum atomic E-state index is 10.9. The van der Waals surface area contributed by atoms with Crippen molar-refractivity contribution in [3.05, 3.63) is 0 Å². The van der Waals surface area contributed by atoms with Crippen molar-refractivity contribution >= 4 is 5.97 Å². The SMILES string of the molecule is CC(C)CCCC[C@H](NC(C)C)C(=O)O. The lowest BCUT2D eigenvalue weighted by atomic mass is 10.0. The number of aliphatic carboxylic acids is 1. The van der Waals surface area contributed by atoms with Gasteiger partial charge in [0.1, 0.15) is 6.04 Å². The van der Waals surface area contributed by atoms with Crippen molar-refractivity contribution in [3.63, 3.8) is 0 Å². The second-order valence-corrected chi connectivity index (χ2v) is 4.89. The molecule has 0 rings (SSSR count). The fourth-order valence-corrected chi connectivity index (χ4v) is 1.58. The van der Waals surface area contributed by atoms with Gasteiger partial charge < -0.3 is 10.4 Å². The maximum Gasteiger partial charge on any atom is 0.320 e. The van der Waals surface area contributed by atoms with Crippen LogP contribution in [0, 0.1) is 5.92 Å². The highest BCUT2D eigenvalue weighted by molar-refractivity contribution is 5.73. The first kappa shape index (κ1) is 14.4. The summed E-state index contributed by atoms with van der Waals surface area (Å²) >= 11 is 0. The highest BCUT2D eigenvalue weighted by Crippen LogP contribution is 2.10. The summed E-state index contributed by atoms with van der Waals surface area (Å²) < 4.78 is 0. The summed E-state index contributed by atoms with van der Waals surface area (Å²) in [5.74, 6) is -0.0143. The van der Waals surface area contributed by atoms with Crippen LogP contribution < -0.4 is 5.32 Å². The van der Waals surface area contributed by atoms with Crippen LogP contribution in [0.15, 0.2) is 0 Å². The van der Waals surface area contributed by atoms with Crippen LogP contribution in [0.25, 0.3) is 0 Å². The molecule has 0 bridgehead atoms. The lowest BCUT2D eigenvalue weighted by Gasteiger charge is -2.17. The van der Waals surface area contributed by atoms with Gasteiger partial charge in [0.05, 0.1) is 0 Å². The molecule has 3 nitrogen and oxygen atoms in total. The van der Waals surface area contributed by atoms with E-state index in [4.69, 9.17) is 5.11 Å². The third kappa shape index (κ3) is 8.43. The summed E-state index contributed by atoms with van der Waals surface area (Å²) in [4.78, 5) is 10.9. The monoisotopic (exact) mass is 215 g/mol. The van der Waals surface area contributed by atoms with Crippen LogP contribution in [-0.2, 0) is 4.79 Å². The Morgan fingerprint density at radius 2 is 1.67 bits per heavy atom. The molecule has 15 heavy (non-hydrogen) atoms. The molecule has 0 spiro atoms. The molecule has 0 heterocycles. The number of hydrogen-bond donors (Lipinski definition) is 2. The summed E-state index contributed by atoms with van der Waals surface area (Å²) in [6.07, 6.45) is 4.05. The molecule has 2 N–H and O–H groups in total. The molecule has 0 aliphatic heterocycles. The van der Waals surface area contributed by atoms with Crippen LogP contribution in [-0.4, -0.2) is 23.2 Å². The largest absolute Gasteiger partial charge is 0.480 e. The third-order valence-electron chi connectivity index (χ3n) is 2.36. The molecular weight excluding hydrogens is 190 g/mol. The lowest BCUT2D eigenvalue weighted by Crippen LogP contribution is -2.40. The molecule has 0 aromatic rings. The molecule has 0 aliphatic rings. The molecule has 1 atom stereocenters. The van der Waals surface area contributed by atoms with Crippen molar-refractivity contribution in [1.82, 2.24) is 5.32 Å². The molecular formula is C12H25NO2. The van der Waals surface area contributed by atoms with Crippen molar-refractivity contribution in [2.24, 2.45) is 5.92 Å². The number of carboxylic acid groups (broad SMARTS) is 1. The van der Waals surface area contributed by atoms with Crippen LogP contribution in [0.3, 0.4) is 0 Å². The fraction of sp³-hybridized carbons (Fsp3) is 0.917. The Morgan fingerprint density at radius 1 is 1.13 bits per heavy atom. The molecule has 0 aromatic heterocycles. The Kier molecular flexibility index (Phi) is 7.39. The summed E-state index contributed by atoms with van der Waals surface area (Å²) in [7, 11) is 0. The quantitative estimate of drug-likeness (QED) is 0.612. The first-order valence-corrected chi connectivity index (χ1v) is 5.92. The molecule has 90 valence electrons. The number of carboxylic acids is 1. The molecule has 0 aliphatic carbocycles. The van der Waals surface area contributed by atoms with E-state index in [0.29, 0.717) is 5.92 Å². The summed E-state index contributed by atoms with van der Waals surface area (Å²) in [5.41, 5.74) is 0. The molecule has 0 fully saturated rings. The van der Waals surface area contributed by atoms with Crippen LogP contribution in [0.5, 0.6) is 0 Å². The summed E-state index contributed by atoms with van der Waals surface area (Å²) in [6, 6.07) is -0.145. The number of hydrogen-bond acceptors (Lipinski definition) is 2. The van der Waals surface area contributed by atoms with Gasteiger partial charge in [0.2, 0.25) is 0 Å². The van der Waals surface area contributed by atoms with E-state index in [-0.39, 0.29) is 12.1 Å². The number of nitrogens with one attached hydrogen (secondary N) is 1. The van der Waals surface area contributed by atoms with E-state index in [2.05, 4.69) is 19.2 Å². The van der Waals surface area contributed by atoms with E-state index in [1.165, 1.54) is 6.42 Å². The summed E-state index contributed by atoms with van der Waals surface area (Å²) in [5, 5.41) is 12.0. The predicted molar refractivity (Wildman–Crippen MR) is 63.0 cm³/mol. The van der Waals surface area contributed by atoms with Gasteiger partial charge in [-0.1, -0.05) is 47.0 Å². The zero-order valence-corrected chi connectivity index (χ0v) is 10.4. The van der Waals surface area contributed by atoms with Gasteiger partial charge in [0, 0.05) is 6.04 Å². The zero-order chi connectivity index (χ0) is 11.8. The Balaban J connectivity index is 3.72. The van der Waals surface area contributed by atoms with Gasteiger partial charge in [-0.25, -0.2) is 0 Å². The average Bonchev–Trinajstić information content (AvgIpc) is 2.08. The van der Waals surface area contributed by atoms with Gasteiger partial charge in [0.25, 0.3) is 0 Å². The van der Waals surface area contributed by atoms with Gasteiger partial charge >= 0.3 is 5.97 Å². The lowest BCUT2D eigenvalue weighted by molar-refractivity contribution is -0.139. The van der Waals surface area contributed by atoms with Crippen molar-refractivity contribution in [2.45, 2.75) is 65.5 Å². The molecule has 0 saturated carbocycles. The van der Waals surface area contributed by atoms with Crippen molar-refractivity contribution in [3.8, 4) is 0 Å². The normalized spacial score (nSPS) is 13.5. The van der Waals surface area contributed by atoms with E-state index >= 15 is 0 Å². The van der Waals surface area contributed by atoms with Gasteiger partial charge in [-0.3, -0.25) is 4.79 Å². The molecule has 0 aromatic carbocycles. The molecule has 0 saturated heterocycles. The highest BCUT2D eigenvalue weighted by Gasteiger charge is 2.16. The van der Waals surface area contributed by atoms with Gasteiger partial charge in [-0.15, -0.1) is 0 Å². The minimum absolute atomic E-state index is 0.233. The van der Waals surface area contributed by atoms with E-state index < -0.39 is 5.97 Å². The van der Waals surface area contributed by atoms with Crippen molar-refractivity contribution < 1.29 is 9.90 Å². The Labute approximate surface area is 93.3 Å². The van der Waals surface area contributed by atoms with Gasteiger partial charge in [0.15, 0.2) is 0 Å². The Hall–Kier alpha value is -0.570. The number of rotatable bonds is 8. The maximum absolute atomic E-state index is 10.9. The second-order valence-electron chi connectivity index (χ2n) is 4.89. The predicted octanol–water partition coefficient (Wildman–Crippen LogP) is 2.65. The van der Waals surface area contributed by atoms with Crippen LogP contribution in [0.2, 0.25) is 0 Å². The number of carbonyl (C=O) groups is 1. The van der Waals surface area contributed by atoms with Gasteiger partial charge in [-0.2, -0.15) is 0 Å². The fourth-order valence-electron chi connectivity index (χ4n) is 1.58. The Morgan fingerprint density at radius 3 is 2.07 bits per heavy atom. The highest BCUT2D eigenvalue weighted by atomic mass is 16.4. The second kappa shape index (κ2) is 7.69. The van der Waals surface area contributed by atoms with Crippen molar-refractivity contribution in [2.75, 3.05) is 0 Å². The number of unbranched alkanes of at least 4 members (excludes halogenated alkanes) is 1. The molecule has 0 amide bonds. The smallest absolute Gasteiger partial charge is 0.320 e. The standard InChI is InChI=1S/C12H25NO2/c1-9(2)7-5-6-8-11(12(14)15)13-10(3)4/h9-11,13H,5-8H2,1-4H3,(H,14,15)/t11-/m0/s1. The van der Waals surface area contributed by atoms with Crippen molar-refractivity contribution in [1.29, 1.82) is 0 Å². The summed E-state index contributed by atoms with van der Waals surface area (Å²) in [6.45, 7) is 8.34. The average molecular weight is 215 g/mol.